The number of halogens is 1. The fourth-order valence-electron chi connectivity index (χ4n) is 3.02. The molecule has 2 atom stereocenters. The van der Waals surface area contributed by atoms with Gasteiger partial charge in [-0.25, -0.2) is 4.79 Å². The third kappa shape index (κ3) is 7.06. The second-order valence-electron chi connectivity index (χ2n) is 6.97. The molecule has 2 unspecified atom stereocenters. The minimum atomic E-state index is -1.38. The summed E-state index contributed by atoms with van der Waals surface area (Å²) in [7, 11) is 1.45. The van der Waals surface area contributed by atoms with Gasteiger partial charge in [-0.15, -0.1) is 0 Å². The Morgan fingerprint density at radius 3 is 2.61 bits per heavy atom. The molecule has 0 saturated heterocycles. The van der Waals surface area contributed by atoms with Gasteiger partial charge in [0.2, 0.25) is 0 Å². The zero-order valence-electron chi connectivity index (χ0n) is 16.9. The molecule has 3 N–H and O–H groups in total. The number of hydrogen-bond donors (Lipinski definition) is 3. The van der Waals surface area contributed by atoms with Gasteiger partial charge in [-0.1, -0.05) is 35.9 Å². The number of benzene rings is 2. The Bertz CT molecular complexity index is 1090. The van der Waals surface area contributed by atoms with Crippen molar-refractivity contribution < 1.29 is 29.0 Å². The van der Waals surface area contributed by atoms with Gasteiger partial charge >= 0.3 is 41.6 Å². The summed E-state index contributed by atoms with van der Waals surface area (Å²) in [5.74, 6) is -1.53. The normalized spacial score (nSPS) is 15.9. The Morgan fingerprint density at radius 1 is 1.18 bits per heavy atom. The molecular weight excluding hydrogens is 461 g/mol. The van der Waals surface area contributed by atoms with Crippen LogP contribution in [-0.4, -0.2) is 76.3 Å². The number of nitrogens with one attached hydrogen (secondary N) is 2. The van der Waals surface area contributed by atoms with Crippen molar-refractivity contribution >= 4 is 64.8 Å². The van der Waals surface area contributed by atoms with Crippen molar-refractivity contribution in [2.24, 2.45) is 0 Å². The van der Waals surface area contributed by atoms with Crippen molar-refractivity contribution in [1.29, 1.82) is 0 Å². The number of urea groups is 1. The van der Waals surface area contributed by atoms with E-state index < -0.39 is 42.2 Å². The van der Waals surface area contributed by atoms with Gasteiger partial charge in [0.05, 0.1) is 17.5 Å². The third-order valence-electron chi connectivity index (χ3n) is 4.63. The van der Waals surface area contributed by atoms with Gasteiger partial charge in [-0.3, -0.25) is 14.4 Å². The monoisotopic (exact) mass is 481 g/mol. The number of carbonyl (C=O) groups is 4. The van der Waals surface area contributed by atoms with E-state index in [9.17, 15) is 24.3 Å². The number of carboxylic acid groups (broad SMARTS) is 1. The zero-order chi connectivity index (χ0) is 23.3. The third-order valence-corrected chi connectivity index (χ3v) is 4.94. The van der Waals surface area contributed by atoms with E-state index in [0.717, 1.165) is 0 Å². The Hall–Kier alpha value is -2.85. The number of para-hydroxylation sites is 1. The predicted octanol–water partition coefficient (Wildman–Crippen LogP) is 2.22. The van der Waals surface area contributed by atoms with Gasteiger partial charge in [0.1, 0.15) is 11.5 Å². The molecular formula is C22H21ClN3NaO6. The first-order valence-electron chi connectivity index (χ1n) is 9.54. The Morgan fingerprint density at radius 2 is 1.91 bits per heavy atom. The number of ether oxygens (including phenoxy) is 1. The van der Waals surface area contributed by atoms with Crippen LogP contribution in [-0.2, 0) is 14.4 Å². The van der Waals surface area contributed by atoms with Crippen LogP contribution in [0.2, 0.25) is 5.02 Å². The number of amides is 3. The average molecular weight is 482 g/mol. The van der Waals surface area contributed by atoms with Crippen LogP contribution >= 0.6 is 11.6 Å². The van der Waals surface area contributed by atoms with Crippen molar-refractivity contribution in [3.63, 3.8) is 0 Å². The molecule has 11 heteroatoms. The van der Waals surface area contributed by atoms with Crippen LogP contribution in [0.25, 0.3) is 0 Å². The molecule has 1 aliphatic rings. The summed E-state index contributed by atoms with van der Waals surface area (Å²) < 4.78 is 5.76. The second kappa shape index (κ2) is 11.9. The average Bonchev–Trinajstić information content (AvgIpc) is 2.75. The summed E-state index contributed by atoms with van der Waals surface area (Å²) in [6.45, 7) is 0. The minimum absolute atomic E-state index is 0. The number of carboxylic acids is 1. The number of likely N-dealkylation sites (N-methyl/N-ethyl adjacent to an activating group) is 1. The summed E-state index contributed by atoms with van der Waals surface area (Å²) >= 11 is 6.11. The van der Waals surface area contributed by atoms with Crippen LogP contribution in [0.4, 0.5) is 4.79 Å². The molecule has 1 heterocycles. The molecule has 33 heavy (non-hydrogen) atoms. The topological polar surface area (TPSA) is 125 Å². The summed E-state index contributed by atoms with van der Waals surface area (Å²) in [6, 6.07) is 10.2. The van der Waals surface area contributed by atoms with Gasteiger partial charge in [-0.2, -0.15) is 0 Å². The summed E-state index contributed by atoms with van der Waals surface area (Å²) in [4.78, 5) is 49.1. The number of rotatable bonds is 7. The molecule has 0 aromatic heterocycles. The van der Waals surface area contributed by atoms with E-state index >= 15 is 0 Å². The maximum atomic E-state index is 12.5. The van der Waals surface area contributed by atoms with Crippen molar-refractivity contribution in [3.05, 3.63) is 71.4 Å². The van der Waals surface area contributed by atoms with Gasteiger partial charge in [0.15, 0.2) is 11.8 Å². The van der Waals surface area contributed by atoms with Crippen LogP contribution in [0.5, 0.6) is 11.5 Å². The molecule has 0 radical (unpaired) electrons. The van der Waals surface area contributed by atoms with Crippen LogP contribution in [0.3, 0.4) is 0 Å². The van der Waals surface area contributed by atoms with Gasteiger partial charge in [-0.05, 0) is 29.8 Å². The van der Waals surface area contributed by atoms with Crippen LogP contribution in [0.1, 0.15) is 18.0 Å². The Labute approximate surface area is 217 Å². The van der Waals surface area contributed by atoms with Gasteiger partial charge in [0.25, 0.3) is 5.91 Å². The van der Waals surface area contributed by atoms with Gasteiger partial charge in [0, 0.05) is 19.3 Å². The molecule has 0 fully saturated rings. The summed E-state index contributed by atoms with van der Waals surface area (Å²) in [6.07, 6.45) is 2.05. The van der Waals surface area contributed by atoms with E-state index in [0.29, 0.717) is 22.1 Å². The zero-order valence-corrected chi connectivity index (χ0v) is 17.7. The standard InChI is InChI=1S/C22H20ClN3O6.Na.H/c1-26-10-9-17(27)20(21(26)30)25-22(31)24-16(12-19(28)29)13-5-4-6-14(11-13)32-18-8-3-2-7-15(18)23;;/h2-11,16,20H,12H2,1H3,(H,28,29)(H2,24,25,31);;. The first-order valence-corrected chi connectivity index (χ1v) is 9.92. The van der Waals surface area contributed by atoms with Crippen molar-refractivity contribution in [1.82, 2.24) is 15.5 Å². The van der Waals surface area contributed by atoms with Crippen LogP contribution in [0.15, 0.2) is 60.8 Å². The first-order chi connectivity index (χ1) is 15.2. The molecule has 2 aromatic carbocycles. The predicted molar refractivity (Wildman–Crippen MR) is 122 cm³/mol. The van der Waals surface area contributed by atoms with Gasteiger partial charge < -0.3 is 25.4 Å². The number of nitrogens with zero attached hydrogens (tertiary/aromatic N) is 1. The van der Waals surface area contributed by atoms with E-state index in [1.807, 2.05) is 0 Å². The van der Waals surface area contributed by atoms with Crippen molar-refractivity contribution in [2.45, 2.75) is 18.5 Å². The molecule has 3 amide bonds. The molecule has 3 rings (SSSR count). The number of aliphatic carboxylic acids is 1. The first kappa shape index (κ1) is 26.4. The molecule has 2 aromatic rings. The van der Waals surface area contributed by atoms with Crippen LogP contribution < -0.4 is 15.4 Å². The SMILES string of the molecule is CN1C=CC(=O)C(NC(=O)NC(CC(=O)O)c2cccc(Oc3ccccc3Cl)c2)C1=O.[NaH]. The summed E-state index contributed by atoms with van der Waals surface area (Å²) in [5.41, 5.74) is 0.449. The summed E-state index contributed by atoms with van der Waals surface area (Å²) in [5, 5.41) is 14.5. The molecule has 168 valence electrons. The number of carbonyl (C=O) groups excluding carboxylic acids is 3. The van der Waals surface area contributed by atoms with E-state index in [4.69, 9.17) is 16.3 Å². The Kier molecular flexibility index (Phi) is 9.48. The molecule has 0 saturated carbocycles. The molecule has 0 bridgehead atoms. The fourth-order valence-corrected chi connectivity index (χ4v) is 3.19. The molecule has 0 aliphatic carbocycles. The molecule has 1 aliphatic heterocycles. The molecule has 0 spiro atoms. The van der Waals surface area contributed by atoms with E-state index in [-0.39, 0.29) is 29.6 Å². The van der Waals surface area contributed by atoms with Crippen molar-refractivity contribution in [2.75, 3.05) is 7.05 Å². The van der Waals surface area contributed by atoms with E-state index in [1.54, 1.807) is 48.5 Å². The van der Waals surface area contributed by atoms with E-state index in [1.165, 1.54) is 24.2 Å². The van der Waals surface area contributed by atoms with E-state index in [2.05, 4.69) is 10.6 Å². The second-order valence-corrected chi connectivity index (χ2v) is 7.38. The quantitative estimate of drug-likeness (QED) is 0.411. The number of ketones is 1. The fraction of sp³-hybridized carbons (Fsp3) is 0.182. The Balaban J connectivity index is 0.00000385. The number of hydrogen-bond acceptors (Lipinski definition) is 5. The maximum absolute atomic E-state index is 12.5. The van der Waals surface area contributed by atoms with Crippen molar-refractivity contribution in [3.8, 4) is 11.5 Å². The molecule has 9 nitrogen and oxygen atoms in total. The van der Waals surface area contributed by atoms with Crippen LogP contribution in [0, 0.1) is 0 Å².